The Morgan fingerprint density at radius 3 is 2.96 bits per heavy atom. The van der Waals surface area contributed by atoms with Crippen molar-refractivity contribution in [3.63, 3.8) is 0 Å². The second-order valence-electron chi connectivity index (χ2n) is 6.92. The molecule has 0 saturated heterocycles. The third-order valence-electron chi connectivity index (χ3n) is 5.12. The molecule has 5 heterocycles. The smallest absolute Gasteiger partial charge is 0.255 e. The zero-order chi connectivity index (χ0) is 19.4. The molecule has 5 rings (SSSR count). The first-order chi connectivity index (χ1) is 13.5. The molecule has 0 saturated carbocycles. The van der Waals surface area contributed by atoms with Crippen LogP contribution in [0.5, 0.6) is 0 Å². The van der Waals surface area contributed by atoms with Crippen LogP contribution in [0.25, 0.3) is 16.9 Å². The van der Waals surface area contributed by atoms with E-state index in [2.05, 4.69) is 15.2 Å². The Morgan fingerprint density at radius 2 is 2.18 bits per heavy atom. The number of nitrogens with zero attached hydrogens (tertiary/aromatic N) is 4. The number of thiazole rings is 1. The lowest BCUT2D eigenvalue weighted by atomic mass is 9.98. The minimum Gasteiger partial charge on any atom is -0.331 e. The SMILES string of the molecule is CC1Cc2[nH]nc(-c3cscn3)c2CN1C(=O)c1cc2c(Cl)cc(Cl)cn2c1. The number of hydrogen-bond acceptors (Lipinski definition) is 4. The van der Waals surface area contributed by atoms with E-state index in [1.165, 1.54) is 11.3 Å². The monoisotopic (exact) mass is 431 g/mol. The van der Waals surface area contributed by atoms with Gasteiger partial charge in [-0.2, -0.15) is 5.10 Å². The summed E-state index contributed by atoms with van der Waals surface area (Å²) in [7, 11) is 0. The van der Waals surface area contributed by atoms with Crippen molar-refractivity contribution in [2.75, 3.05) is 0 Å². The summed E-state index contributed by atoms with van der Waals surface area (Å²) in [5.74, 6) is -0.0422. The van der Waals surface area contributed by atoms with Gasteiger partial charge in [-0.3, -0.25) is 9.89 Å². The van der Waals surface area contributed by atoms with Gasteiger partial charge in [0.2, 0.25) is 0 Å². The molecule has 1 N–H and O–H groups in total. The molecule has 1 atom stereocenters. The standard InChI is InChI=1S/C19H15Cl2N5OS/c1-10-2-15-13(18(24-23-15)16-8-28-9-22-16)7-26(10)19(27)11-3-17-14(21)4-12(20)6-25(17)5-11/h3-6,8-10H,2,7H2,1H3,(H,23,24). The van der Waals surface area contributed by atoms with E-state index >= 15 is 0 Å². The maximum absolute atomic E-state index is 13.3. The topological polar surface area (TPSA) is 66.3 Å². The van der Waals surface area contributed by atoms with Gasteiger partial charge in [0.25, 0.3) is 5.91 Å². The predicted molar refractivity (Wildman–Crippen MR) is 110 cm³/mol. The van der Waals surface area contributed by atoms with E-state index in [9.17, 15) is 4.79 Å². The Kier molecular flexibility index (Phi) is 4.19. The first-order valence-corrected chi connectivity index (χ1v) is 10.4. The molecule has 1 aliphatic heterocycles. The number of amides is 1. The molecule has 28 heavy (non-hydrogen) atoms. The Morgan fingerprint density at radius 1 is 1.32 bits per heavy atom. The molecule has 0 radical (unpaired) electrons. The van der Waals surface area contributed by atoms with Gasteiger partial charge >= 0.3 is 0 Å². The molecule has 0 aliphatic carbocycles. The highest BCUT2D eigenvalue weighted by molar-refractivity contribution is 7.07. The normalized spacial score (nSPS) is 16.5. The van der Waals surface area contributed by atoms with Crippen molar-refractivity contribution in [3.8, 4) is 11.4 Å². The molecule has 0 spiro atoms. The van der Waals surface area contributed by atoms with Gasteiger partial charge in [0.1, 0.15) is 11.4 Å². The second-order valence-corrected chi connectivity index (χ2v) is 8.48. The molecule has 1 unspecified atom stereocenters. The zero-order valence-corrected chi connectivity index (χ0v) is 17.1. The van der Waals surface area contributed by atoms with Gasteiger partial charge in [-0.15, -0.1) is 11.3 Å². The van der Waals surface area contributed by atoms with E-state index < -0.39 is 0 Å². The Bertz CT molecular complexity index is 1200. The molecule has 9 heteroatoms. The number of rotatable bonds is 2. The van der Waals surface area contributed by atoms with Gasteiger partial charge in [0, 0.05) is 41.5 Å². The third kappa shape index (κ3) is 2.82. The number of aromatic nitrogens is 4. The lowest BCUT2D eigenvalue weighted by molar-refractivity contribution is 0.0658. The number of carbonyl (C=O) groups is 1. The van der Waals surface area contributed by atoms with Crippen molar-refractivity contribution >= 4 is 46.0 Å². The number of nitrogens with one attached hydrogen (secondary N) is 1. The van der Waals surface area contributed by atoms with Crippen LogP contribution in [0.3, 0.4) is 0 Å². The minimum atomic E-state index is -0.0422. The number of aromatic amines is 1. The van der Waals surface area contributed by atoms with Gasteiger partial charge < -0.3 is 9.30 Å². The molecular weight excluding hydrogens is 417 g/mol. The van der Waals surface area contributed by atoms with Crippen LogP contribution in [-0.4, -0.2) is 36.4 Å². The molecular formula is C19H15Cl2N5OS. The van der Waals surface area contributed by atoms with Crippen molar-refractivity contribution < 1.29 is 4.79 Å². The predicted octanol–water partition coefficient (Wildman–Crippen LogP) is 4.68. The van der Waals surface area contributed by atoms with E-state index in [-0.39, 0.29) is 11.9 Å². The second kappa shape index (κ2) is 6.62. The summed E-state index contributed by atoms with van der Waals surface area (Å²) in [4.78, 5) is 19.5. The molecule has 0 bridgehead atoms. The van der Waals surface area contributed by atoms with Crippen LogP contribution in [0, 0.1) is 0 Å². The average molecular weight is 432 g/mol. The average Bonchev–Trinajstić information content (AvgIpc) is 3.38. The summed E-state index contributed by atoms with van der Waals surface area (Å²) >= 11 is 13.9. The number of H-pyrrole nitrogens is 1. The van der Waals surface area contributed by atoms with Gasteiger partial charge in [-0.25, -0.2) is 4.98 Å². The maximum atomic E-state index is 13.3. The highest BCUT2D eigenvalue weighted by Gasteiger charge is 2.32. The number of fused-ring (bicyclic) bond motifs is 2. The molecule has 4 aromatic heterocycles. The Labute approximate surface area is 174 Å². The van der Waals surface area contributed by atoms with Crippen LogP contribution in [0.4, 0.5) is 0 Å². The number of hydrogen-bond donors (Lipinski definition) is 1. The third-order valence-corrected chi connectivity index (χ3v) is 6.21. The fourth-order valence-electron chi connectivity index (χ4n) is 3.71. The first-order valence-electron chi connectivity index (χ1n) is 8.73. The van der Waals surface area contributed by atoms with E-state index in [1.807, 2.05) is 17.2 Å². The first kappa shape index (κ1) is 17.7. The van der Waals surface area contributed by atoms with Crippen LogP contribution in [-0.2, 0) is 13.0 Å². The van der Waals surface area contributed by atoms with Crippen LogP contribution in [0.1, 0.15) is 28.5 Å². The van der Waals surface area contributed by atoms with E-state index in [0.717, 1.165) is 34.6 Å². The Hall–Kier alpha value is -2.35. The largest absolute Gasteiger partial charge is 0.331 e. The van der Waals surface area contributed by atoms with Gasteiger partial charge in [-0.05, 0) is 19.1 Å². The van der Waals surface area contributed by atoms with E-state index in [0.29, 0.717) is 22.2 Å². The van der Waals surface area contributed by atoms with Crippen molar-refractivity contribution in [2.45, 2.75) is 25.9 Å². The molecule has 1 amide bonds. The van der Waals surface area contributed by atoms with Gasteiger partial charge in [0.15, 0.2) is 0 Å². The van der Waals surface area contributed by atoms with Gasteiger partial charge in [-0.1, -0.05) is 23.2 Å². The van der Waals surface area contributed by atoms with Crippen LogP contribution in [0.15, 0.2) is 35.4 Å². The fourth-order valence-corrected chi connectivity index (χ4v) is 4.79. The summed E-state index contributed by atoms with van der Waals surface area (Å²) in [5.41, 5.74) is 6.87. The van der Waals surface area contributed by atoms with E-state index in [4.69, 9.17) is 23.2 Å². The van der Waals surface area contributed by atoms with Crippen LogP contribution in [0.2, 0.25) is 10.0 Å². The molecule has 0 aromatic carbocycles. The molecule has 4 aromatic rings. The molecule has 142 valence electrons. The quantitative estimate of drug-likeness (QED) is 0.500. The van der Waals surface area contributed by atoms with Gasteiger partial charge in [0.05, 0.1) is 33.2 Å². The zero-order valence-electron chi connectivity index (χ0n) is 14.8. The minimum absolute atomic E-state index is 0.0422. The lowest BCUT2D eigenvalue weighted by Gasteiger charge is -2.33. The summed E-state index contributed by atoms with van der Waals surface area (Å²) in [6.07, 6.45) is 4.24. The van der Waals surface area contributed by atoms with Crippen LogP contribution >= 0.6 is 34.5 Å². The molecule has 1 aliphatic rings. The number of carbonyl (C=O) groups excluding carboxylic acids is 1. The lowest BCUT2D eigenvalue weighted by Crippen LogP contribution is -2.42. The van der Waals surface area contributed by atoms with Crippen molar-refractivity contribution in [1.29, 1.82) is 0 Å². The van der Waals surface area contributed by atoms with Crippen molar-refractivity contribution in [2.24, 2.45) is 0 Å². The Balaban J connectivity index is 1.51. The highest BCUT2D eigenvalue weighted by Crippen LogP contribution is 2.32. The van der Waals surface area contributed by atoms with Crippen molar-refractivity contribution in [1.82, 2.24) is 24.5 Å². The summed E-state index contributed by atoms with van der Waals surface area (Å²) in [6.45, 7) is 2.53. The van der Waals surface area contributed by atoms with Crippen LogP contribution < -0.4 is 0 Å². The summed E-state index contributed by atoms with van der Waals surface area (Å²) < 4.78 is 1.79. The molecule has 0 fully saturated rings. The van der Waals surface area contributed by atoms with Crippen molar-refractivity contribution in [3.05, 3.63) is 62.3 Å². The fraction of sp³-hybridized carbons (Fsp3) is 0.211. The number of halogens is 2. The summed E-state index contributed by atoms with van der Waals surface area (Å²) in [6, 6.07) is 3.53. The molecule has 6 nitrogen and oxygen atoms in total. The summed E-state index contributed by atoms with van der Waals surface area (Å²) in [5, 5.41) is 10.6. The maximum Gasteiger partial charge on any atom is 0.255 e. The number of pyridine rings is 1. The van der Waals surface area contributed by atoms with E-state index in [1.54, 1.807) is 34.4 Å². The highest BCUT2D eigenvalue weighted by atomic mass is 35.5.